The predicted molar refractivity (Wildman–Crippen MR) is 139 cm³/mol. The summed E-state index contributed by atoms with van der Waals surface area (Å²) in [5.74, 6) is 3.27. The van der Waals surface area contributed by atoms with E-state index < -0.39 is 0 Å². The van der Waals surface area contributed by atoms with Gasteiger partial charge in [-0.2, -0.15) is 0 Å². The van der Waals surface area contributed by atoms with Crippen LogP contribution in [0.5, 0.6) is 0 Å². The third-order valence-corrected chi connectivity index (χ3v) is 14.9. The fourth-order valence-corrected chi connectivity index (χ4v) is 13.1. The fourth-order valence-electron chi connectivity index (χ4n) is 13.1. The van der Waals surface area contributed by atoms with Crippen LogP contribution in [0.4, 0.5) is 0 Å². The molecule has 6 saturated carbocycles. The van der Waals surface area contributed by atoms with Crippen molar-refractivity contribution in [2.75, 3.05) is 0 Å². The summed E-state index contributed by atoms with van der Waals surface area (Å²) in [6.45, 7) is 19.0. The minimum absolute atomic E-state index is 0.0165. The van der Waals surface area contributed by atoms with Crippen molar-refractivity contribution in [3.05, 3.63) is 0 Å². The molecule has 0 aliphatic heterocycles. The highest BCUT2D eigenvalue weighted by Crippen LogP contribution is 2.91. The topological polar surface area (TPSA) is 46.5 Å². The molecule has 3 nitrogen and oxygen atoms in total. The molecule has 0 spiro atoms. The molecule has 0 saturated heterocycles. The van der Waals surface area contributed by atoms with E-state index in [4.69, 9.17) is 4.74 Å². The van der Waals surface area contributed by atoms with Gasteiger partial charge in [0.25, 0.3) is 0 Å². The summed E-state index contributed by atoms with van der Waals surface area (Å²) in [5.41, 5.74) is 1.43. The van der Waals surface area contributed by atoms with E-state index in [9.17, 15) is 9.90 Å². The molecule has 0 aromatic carbocycles. The molecular formula is C32H52O3. The molecule has 198 valence electrons. The first-order valence-corrected chi connectivity index (χ1v) is 15.0. The number of carbonyl (C=O) groups is 1. The lowest BCUT2D eigenvalue weighted by molar-refractivity contribution is -0.262. The van der Waals surface area contributed by atoms with Gasteiger partial charge in [0.15, 0.2) is 0 Å². The Labute approximate surface area is 214 Å². The van der Waals surface area contributed by atoms with Gasteiger partial charge in [-0.25, -0.2) is 0 Å². The van der Waals surface area contributed by atoms with Gasteiger partial charge in [0.2, 0.25) is 0 Å². The number of rotatable bonds is 1. The van der Waals surface area contributed by atoms with Crippen molar-refractivity contribution < 1.29 is 14.6 Å². The van der Waals surface area contributed by atoms with Crippen LogP contribution in [0, 0.1) is 62.1 Å². The summed E-state index contributed by atoms with van der Waals surface area (Å²) in [7, 11) is 0. The molecule has 6 fully saturated rings. The molecule has 1 N–H and O–H groups in total. The zero-order valence-electron chi connectivity index (χ0n) is 23.9. The molecule has 0 aromatic heterocycles. The second-order valence-corrected chi connectivity index (χ2v) is 16.1. The highest BCUT2D eigenvalue weighted by atomic mass is 16.5. The Kier molecular flexibility index (Phi) is 5.01. The van der Waals surface area contributed by atoms with Crippen molar-refractivity contribution in [2.45, 2.75) is 132 Å². The first-order chi connectivity index (χ1) is 16.2. The van der Waals surface area contributed by atoms with E-state index in [0.29, 0.717) is 28.1 Å². The Morgan fingerprint density at radius 1 is 0.886 bits per heavy atom. The average molecular weight is 485 g/mol. The number of hydrogen-bond donors (Lipinski definition) is 1. The summed E-state index contributed by atoms with van der Waals surface area (Å²) >= 11 is 0. The second-order valence-electron chi connectivity index (χ2n) is 16.1. The molecule has 0 bridgehead atoms. The van der Waals surface area contributed by atoms with Gasteiger partial charge in [-0.1, -0.05) is 48.5 Å². The zero-order valence-corrected chi connectivity index (χ0v) is 23.9. The highest BCUT2D eigenvalue weighted by molar-refractivity contribution is 5.66. The zero-order chi connectivity index (χ0) is 25.4. The predicted octanol–water partition coefficient (Wildman–Crippen LogP) is 7.40. The maximum absolute atomic E-state index is 12.2. The normalized spacial score (nSPS) is 60.2. The van der Waals surface area contributed by atoms with Crippen LogP contribution in [0.1, 0.15) is 120 Å². The van der Waals surface area contributed by atoms with Crippen molar-refractivity contribution >= 4 is 5.97 Å². The molecule has 6 aliphatic rings. The number of hydrogen-bond acceptors (Lipinski definition) is 3. The number of ether oxygens (including phenoxy) is 1. The monoisotopic (exact) mass is 484 g/mol. The van der Waals surface area contributed by atoms with Gasteiger partial charge >= 0.3 is 5.97 Å². The number of fused-ring (bicyclic) bond motifs is 4. The van der Waals surface area contributed by atoms with E-state index in [2.05, 4.69) is 48.5 Å². The Hall–Kier alpha value is -0.570. The van der Waals surface area contributed by atoms with Gasteiger partial charge in [-0.05, 0) is 115 Å². The smallest absolute Gasteiger partial charge is 0.302 e. The molecular weight excluding hydrogens is 432 g/mol. The average Bonchev–Trinajstić information content (AvgIpc) is 3.47. The van der Waals surface area contributed by atoms with Gasteiger partial charge in [0.1, 0.15) is 6.10 Å². The van der Waals surface area contributed by atoms with Crippen molar-refractivity contribution in [1.29, 1.82) is 0 Å². The minimum Gasteiger partial charge on any atom is -0.462 e. The molecule has 0 amide bonds. The molecule has 0 unspecified atom stereocenters. The van der Waals surface area contributed by atoms with E-state index in [-0.39, 0.29) is 34.4 Å². The van der Waals surface area contributed by atoms with Crippen LogP contribution in [0.3, 0.4) is 0 Å². The molecule has 0 aromatic rings. The number of esters is 1. The van der Waals surface area contributed by atoms with Gasteiger partial charge < -0.3 is 9.84 Å². The molecule has 0 heterocycles. The molecule has 35 heavy (non-hydrogen) atoms. The van der Waals surface area contributed by atoms with Crippen molar-refractivity contribution in [3.8, 4) is 0 Å². The quantitative estimate of drug-likeness (QED) is 0.394. The maximum atomic E-state index is 12.2. The summed E-state index contributed by atoms with van der Waals surface area (Å²) in [5, 5.41) is 12.2. The Bertz CT molecular complexity index is 926. The SMILES string of the molecule is CC(=O)O[C@H]1CC[C@]2(C)[C@H]3CC[C@]45C[C@]4(CC[C@@]4(C)CC[C@@H](C)[C@H](C)[C@H]45)[C@]3(C)[C@H](O)C[C@H]2C1(C)C. The van der Waals surface area contributed by atoms with E-state index in [0.717, 1.165) is 37.0 Å². The summed E-state index contributed by atoms with van der Waals surface area (Å²) in [6.07, 6.45) is 12.3. The van der Waals surface area contributed by atoms with Gasteiger partial charge in [0.05, 0.1) is 6.10 Å². The van der Waals surface area contributed by atoms with Gasteiger partial charge in [-0.15, -0.1) is 0 Å². The number of aliphatic hydroxyl groups is 1. The van der Waals surface area contributed by atoms with Crippen LogP contribution >= 0.6 is 0 Å². The lowest BCUT2D eigenvalue weighted by Crippen LogP contribution is -2.68. The number of aliphatic hydroxyl groups excluding tert-OH is 1. The fraction of sp³-hybridized carbons (Fsp3) is 0.969. The first kappa shape index (κ1) is 24.7. The van der Waals surface area contributed by atoms with E-state index in [1.165, 1.54) is 44.9 Å². The van der Waals surface area contributed by atoms with Crippen LogP contribution in [-0.2, 0) is 9.53 Å². The second kappa shape index (κ2) is 7.09. The lowest BCUT2D eigenvalue weighted by atomic mass is 9.34. The summed E-state index contributed by atoms with van der Waals surface area (Å²) in [6, 6.07) is 0. The van der Waals surface area contributed by atoms with E-state index >= 15 is 0 Å². The first-order valence-electron chi connectivity index (χ1n) is 15.0. The summed E-state index contributed by atoms with van der Waals surface area (Å²) in [4.78, 5) is 11.9. The minimum atomic E-state index is -0.247. The maximum Gasteiger partial charge on any atom is 0.302 e. The van der Waals surface area contributed by atoms with Crippen LogP contribution in [-0.4, -0.2) is 23.3 Å². The Morgan fingerprint density at radius 2 is 1.60 bits per heavy atom. The van der Waals surface area contributed by atoms with E-state index in [1.807, 2.05) is 0 Å². The van der Waals surface area contributed by atoms with E-state index in [1.54, 1.807) is 6.92 Å². The van der Waals surface area contributed by atoms with Gasteiger partial charge in [-0.3, -0.25) is 4.79 Å². The Balaban J connectivity index is 1.39. The summed E-state index contributed by atoms with van der Waals surface area (Å²) < 4.78 is 5.88. The van der Waals surface area contributed by atoms with Gasteiger partial charge in [0, 0.05) is 17.8 Å². The largest absolute Gasteiger partial charge is 0.462 e. The van der Waals surface area contributed by atoms with Crippen LogP contribution in [0.2, 0.25) is 0 Å². The molecule has 0 radical (unpaired) electrons. The molecule has 6 rings (SSSR count). The van der Waals surface area contributed by atoms with Crippen LogP contribution in [0.25, 0.3) is 0 Å². The van der Waals surface area contributed by atoms with Crippen molar-refractivity contribution in [3.63, 3.8) is 0 Å². The van der Waals surface area contributed by atoms with Crippen LogP contribution in [0.15, 0.2) is 0 Å². The molecule has 6 aliphatic carbocycles. The third kappa shape index (κ3) is 2.71. The standard InChI is InChI=1S/C32H52O3/c1-19-9-12-28(6)15-16-32-18-31(32,26(28)20(19)2)14-10-22-29(7)13-11-25(35-21(3)33)27(4,5)23(29)17-24(34)30(22,32)8/h19-20,22-26,34H,9-18H2,1-8H3/t19-,20+,22-,23+,24-,25+,26-,28-,29-,30+,31-,32-/m1/s1. The van der Waals surface area contributed by atoms with Crippen molar-refractivity contribution in [1.82, 2.24) is 0 Å². The third-order valence-electron chi connectivity index (χ3n) is 14.9. The molecule has 12 atom stereocenters. The Morgan fingerprint density at radius 3 is 2.29 bits per heavy atom. The highest BCUT2D eigenvalue weighted by Gasteiger charge is 2.86. The van der Waals surface area contributed by atoms with Crippen LogP contribution < -0.4 is 0 Å². The number of carbonyl (C=O) groups excluding carboxylic acids is 1. The van der Waals surface area contributed by atoms with Crippen molar-refractivity contribution in [2.24, 2.45) is 62.1 Å². The molecule has 3 heteroatoms. The lowest BCUT2D eigenvalue weighted by Gasteiger charge is -2.71.